The molecule has 0 radical (unpaired) electrons. The van der Waals surface area contributed by atoms with Crippen LogP contribution in [0.25, 0.3) is 0 Å². The highest BCUT2D eigenvalue weighted by Crippen LogP contribution is 2.52. The van der Waals surface area contributed by atoms with Gasteiger partial charge >= 0.3 is 0 Å². The predicted molar refractivity (Wildman–Crippen MR) is 104 cm³/mol. The van der Waals surface area contributed by atoms with Gasteiger partial charge < -0.3 is 5.73 Å². The van der Waals surface area contributed by atoms with Crippen molar-refractivity contribution in [2.75, 3.05) is 5.73 Å². The molecule has 0 unspecified atom stereocenters. The number of fused-ring (bicyclic) bond motifs is 1. The Morgan fingerprint density at radius 3 is 2.29 bits per heavy atom. The van der Waals surface area contributed by atoms with Crippen LogP contribution in [-0.2, 0) is 10.8 Å². The number of nitrogen functional groups attached to an aromatic ring is 1. The van der Waals surface area contributed by atoms with E-state index in [9.17, 15) is 0 Å². The van der Waals surface area contributed by atoms with Gasteiger partial charge in [0, 0.05) is 11.1 Å². The van der Waals surface area contributed by atoms with E-state index in [1.807, 2.05) is 6.07 Å². The molecule has 1 heterocycles. The number of anilines is 1. The van der Waals surface area contributed by atoms with Crippen LogP contribution < -0.4 is 5.73 Å². The first-order valence-corrected chi connectivity index (χ1v) is 9.55. The quantitative estimate of drug-likeness (QED) is 0.655. The zero-order valence-corrected chi connectivity index (χ0v) is 16.6. The van der Waals surface area contributed by atoms with Crippen molar-refractivity contribution in [2.24, 2.45) is 0 Å². The minimum Gasteiger partial charge on any atom is -0.398 e. The molecule has 0 spiro atoms. The molecule has 2 nitrogen and oxygen atoms in total. The van der Waals surface area contributed by atoms with Gasteiger partial charge in [-0.2, -0.15) is 0 Å². The Hall–Kier alpha value is -1.19. The molecule has 2 N–H and O–H groups in total. The van der Waals surface area contributed by atoms with E-state index in [-0.39, 0.29) is 10.8 Å². The maximum Gasteiger partial charge on any atom is 0.144 e. The number of hydrogen-bond acceptors (Lipinski definition) is 3. The third kappa shape index (κ3) is 2.93. The third-order valence-corrected chi connectivity index (χ3v) is 6.80. The van der Waals surface area contributed by atoms with E-state index in [0.717, 1.165) is 4.90 Å². The molecule has 0 fully saturated rings. The summed E-state index contributed by atoms with van der Waals surface area (Å²) in [5.74, 6) is 0. The topological polar surface area (TPSA) is 38.9 Å². The Labute approximate surface area is 154 Å². The number of hydrogen-bond donors (Lipinski definition) is 1. The lowest BCUT2D eigenvalue weighted by atomic mass is 9.62. The van der Waals surface area contributed by atoms with Gasteiger partial charge in [0.25, 0.3) is 0 Å². The Morgan fingerprint density at radius 1 is 1.04 bits per heavy atom. The summed E-state index contributed by atoms with van der Waals surface area (Å²) in [4.78, 5) is 6.29. The highest BCUT2D eigenvalue weighted by atomic mass is 35.5. The molecule has 1 aromatic carbocycles. The summed E-state index contributed by atoms with van der Waals surface area (Å²) < 4.78 is 0. The van der Waals surface area contributed by atoms with Gasteiger partial charge in [-0.1, -0.05) is 57.1 Å². The first-order chi connectivity index (χ1) is 11.1. The van der Waals surface area contributed by atoms with Crippen molar-refractivity contribution in [3.05, 3.63) is 46.2 Å². The second-order valence-electron chi connectivity index (χ2n) is 8.02. The number of nitrogens with zero attached hydrogens (tertiary/aromatic N) is 1. The van der Waals surface area contributed by atoms with Crippen LogP contribution in [-0.4, -0.2) is 4.98 Å². The van der Waals surface area contributed by atoms with E-state index in [0.29, 0.717) is 10.8 Å². The van der Waals surface area contributed by atoms with Gasteiger partial charge in [-0.25, -0.2) is 4.98 Å². The monoisotopic (exact) mass is 360 g/mol. The Balaban J connectivity index is 2.21. The fourth-order valence-corrected chi connectivity index (χ4v) is 5.28. The summed E-state index contributed by atoms with van der Waals surface area (Å²) in [6.45, 7) is 11.6. The molecule has 2 aromatic rings. The smallest absolute Gasteiger partial charge is 0.144 e. The van der Waals surface area contributed by atoms with Gasteiger partial charge in [0.15, 0.2) is 0 Å². The Kier molecular flexibility index (Phi) is 4.38. The highest BCUT2D eigenvalue weighted by Gasteiger charge is 2.39. The standard InChI is InChI=1S/C20H25ClN2S/c1-12-6-7-14(24-17-13(22)8-11-23-18(17)21)16-15(12)19(2,3)9-10-20(16,4)5/h6-8,11H,9-10H2,1-5H3,(H2,22,23). The lowest BCUT2D eigenvalue weighted by molar-refractivity contribution is 0.325. The average Bonchev–Trinajstić information content (AvgIpc) is 2.49. The molecule has 0 saturated carbocycles. The van der Waals surface area contributed by atoms with Gasteiger partial charge in [-0.05, 0) is 59.4 Å². The van der Waals surface area contributed by atoms with Crippen molar-refractivity contribution in [1.29, 1.82) is 0 Å². The van der Waals surface area contributed by atoms with Crippen LogP contribution in [0.4, 0.5) is 5.69 Å². The van der Waals surface area contributed by atoms with E-state index < -0.39 is 0 Å². The average molecular weight is 361 g/mol. The number of nitrogens with two attached hydrogens (primary N) is 1. The summed E-state index contributed by atoms with van der Waals surface area (Å²) in [5.41, 5.74) is 11.5. The zero-order chi connectivity index (χ0) is 17.7. The van der Waals surface area contributed by atoms with E-state index in [1.54, 1.807) is 18.0 Å². The normalized spacial score (nSPS) is 18.2. The molecule has 0 aliphatic heterocycles. The predicted octanol–water partition coefficient (Wildman–Crippen LogP) is 6.13. The van der Waals surface area contributed by atoms with E-state index >= 15 is 0 Å². The highest BCUT2D eigenvalue weighted by molar-refractivity contribution is 7.99. The van der Waals surface area contributed by atoms with Gasteiger partial charge in [-0.3, -0.25) is 0 Å². The van der Waals surface area contributed by atoms with E-state index in [1.165, 1.54) is 34.4 Å². The second kappa shape index (κ2) is 5.96. The van der Waals surface area contributed by atoms with Crippen molar-refractivity contribution in [2.45, 2.75) is 68.1 Å². The largest absolute Gasteiger partial charge is 0.398 e. The van der Waals surface area contributed by atoms with E-state index in [4.69, 9.17) is 17.3 Å². The molecule has 0 atom stereocenters. The first-order valence-electron chi connectivity index (χ1n) is 8.36. The van der Waals surface area contributed by atoms with Crippen LogP contribution in [0.2, 0.25) is 5.15 Å². The Morgan fingerprint density at radius 2 is 1.67 bits per heavy atom. The minimum absolute atomic E-state index is 0.142. The Bertz CT molecular complexity index is 776. The fourth-order valence-electron chi connectivity index (χ4n) is 3.84. The van der Waals surface area contributed by atoms with Gasteiger partial charge in [-0.15, -0.1) is 0 Å². The number of aryl methyl sites for hydroxylation is 1. The zero-order valence-electron chi connectivity index (χ0n) is 15.0. The maximum atomic E-state index is 6.31. The van der Waals surface area contributed by atoms with E-state index in [2.05, 4.69) is 51.7 Å². The van der Waals surface area contributed by atoms with Crippen LogP contribution in [0, 0.1) is 6.92 Å². The lowest BCUT2D eigenvalue weighted by Crippen LogP contribution is -2.35. The summed E-state index contributed by atoms with van der Waals surface area (Å²) in [5, 5.41) is 0.474. The molecule has 0 bridgehead atoms. The molecule has 128 valence electrons. The molecule has 0 saturated heterocycles. The molecule has 1 aromatic heterocycles. The van der Waals surface area contributed by atoms with Crippen LogP contribution >= 0.6 is 23.4 Å². The lowest BCUT2D eigenvalue weighted by Gasteiger charge is -2.44. The number of benzene rings is 1. The molecular formula is C20H25ClN2S. The van der Waals surface area contributed by atoms with Gasteiger partial charge in [0.1, 0.15) is 5.15 Å². The van der Waals surface area contributed by atoms with Crippen LogP contribution in [0.3, 0.4) is 0 Å². The van der Waals surface area contributed by atoms with Crippen molar-refractivity contribution in [1.82, 2.24) is 4.98 Å². The SMILES string of the molecule is Cc1ccc(Sc2c(N)ccnc2Cl)c2c1C(C)(C)CCC2(C)C. The minimum atomic E-state index is 0.142. The first kappa shape index (κ1) is 17.6. The van der Waals surface area contributed by atoms with Gasteiger partial charge in [0.05, 0.1) is 10.6 Å². The van der Waals surface area contributed by atoms with Crippen molar-refractivity contribution >= 4 is 29.1 Å². The van der Waals surface area contributed by atoms with Crippen molar-refractivity contribution < 1.29 is 0 Å². The maximum absolute atomic E-state index is 6.31. The van der Waals surface area contributed by atoms with Crippen LogP contribution in [0.5, 0.6) is 0 Å². The molecule has 1 aliphatic carbocycles. The number of rotatable bonds is 2. The van der Waals surface area contributed by atoms with Gasteiger partial charge in [0.2, 0.25) is 0 Å². The molecule has 4 heteroatoms. The third-order valence-electron chi connectivity index (χ3n) is 5.21. The fraction of sp³-hybridized carbons (Fsp3) is 0.450. The number of halogens is 1. The van der Waals surface area contributed by atoms with Crippen molar-refractivity contribution in [3.8, 4) is 0 Å². The summed E-state index contributed by atoms with van der Waals surface area (Å²) in [6, 6.07) is 6.25. The number of aromatic nitrogens is 1. The summed E-state index contributed by atoms with van der Waals surface area (Å²) in [6.07, 6.45) is 4.04. The van der Waals surface area contributed by atoms with Crippen LogP contribution in [0.15, 0.2) is 34.2 Å². The molecule has 0 amide bonds. The molecule has 3 rings (SSSR count). The van der Waals surface area contributed by atoms with Crippen molar-refractivity contribution in [3.63, 3.8) is 0 Å². The summed E-state index contributed by atoms with van der Waals surface area (Å²) >= 11 is 7.96. The van der Waals surface area contributed by atoms with Crippen LogP contribution in [0.1, 0.15) is 57.2 Å². The number of pyridine rings is 1. The molecule has 1 aliphatic rings. The molecule has 24 heavy (non-hydrogen) atoms. The second-order valence-corrected chi connectivity index (χ2v) is 9.43. The molecular weight excluding hydrogens is 336 g/mol. The summed E-state index contributed by atoms with van der Waals surface area (Å²) in [7, 11) is 0.